The number of nitrogens with zero attached hydrogens (tertiary/aromatic N) is 5. The number of fused-ring (bicyclic) bond motifs is 1. The number of methoxy groups -OCH3 is 1. The summed E-state index contributed by atoms with van der Waals surface area (Å²) in [7, 11) is 1.59. The number of hydrogen-bond acceptors (Lipinski definition) is 7. The highest BCUT2D eigenvalue weighted by Gasteiger charge is 2.33. The maximum absolute atomic E-state index is 12.8. The van der Waals surface area contributed by atoms with Crippen LogP contribution >= 0.6 is 0 Å². The summed E-state index contributed by atoms with van der Waals surface area (Å²) in [5.41, 5.74) is 5.33. The summed E-state index contributed by atoms with van der Waals surface area (Å²) in [6.07, 6.45) is 3.56. The Kier molecular flexibility index (Phi) is 6.20. The van der Waals surface area contributed by atoms with Gasteiger partial charge in [-0.15, -0.1) is 5.10 Å². The first-order valence-electron chi connectivity index (χ1n) is 11.6. The summed E-state index contributed by atoms with van der Waals surface area (Å²) >= 11 is 0. The highest BCUT2D eigenvalue weighted by molar-refractivity contribution is 5.95. The number of amides is 1. The molecule has 1 amide bonds. The van der Waals surface area contributed by atoms with E-state index < -0.39 is 0 Å². The van der Waals surface area contributed by atoms with E-state index in [1.165, 1.54) is 0 Å². The van der Waals surface area contributed by atoms with Crippen LogP contribution in [0.3, 0.4) is 0 Å². The quantitative estimate of drug-likeness (QED) is 0.390. The summed E-state index contributed by atoms with van der Waals surface area (Å²) < 4.78 is 12.8. The van der Waals surface area contributed by atoms with Gasteiger partial charge in [0.05, 0.1) is 24.7 Å². The van der Waals surface area contributed by atoms with Crippen LogP contribution in [-0.2, 0) is 4.79 Å². The van der Waals surface area contributed by atoms with Gasteiger partial charge in [-0.2, -0.15) is 14.9 Å². The summed E-state index contributed by atoms with van der Waals surface area (Å²) in [6.45, 7) is 8.00. The molecule has 0 fully saturated rings. The molecule has 9 heteroatoms. The molecule has 1 aliphatic rings. The van der Waals surface area contributed by atoms with Gasteiger partial charge in [0, 0.05) is 23.5 Å². The zero-order valence-corrected chi connectivity index (χ0v) is 20.4. The third kappa shape index (κ3) is 4.31. The van der Waals surface area contributed by atoms with Gasteiger partial charge in [-0.25, -0.2) is 4.98 Å². The van der Waals surface area contributed by atoms with E-state index in [0.29, 0.717) is 29.6 Å². The van der Waals surface area contributed by atoms with Crippen LogP contribution in [0, 0.1) is 13.8 Å². The van der Waals surface area contributed by atoms with E-state index in [2.05, 4.69) is 27.1 Å². The molecule has 2 aromatic heterocycles. The van der Waals surface area contributed by atoms with Gasteiger partial charge >= 0.3 is 0 Å². The number of carbonyl (C=O) groups is 1. The van der Waals surface area contributed by atoms with Gasteiger partial charge < -0.3 is 14.8 Å². The molecule has 36 heavy (non-hydrogen) atoms. The molecule has 182 valence electrons. The van der Waals surface area contributed by atoms with Crippen molar-refractivity contribution in [3.05, 3.63) is 83.7 Å². The summed E-state index contributed by atoms with van der Waals surface area (Å²) in [5, 5.41) is 16.0. The molecule has 1 aliphatic heterocycles. The van der Waals surface area contributed by atoms with Gasteiger partial charge in [-0.1, -0.05) is 48.6 Å². The van der Waals surface area contributed by atoms with Gasteiger partial charge in [0.25, 0.3) is 5.95 Å². The third-order valence-corrected chi connectivity index (χ3v) is 6.13. The molecule has 4 aromatic rings. The molecule has 0 saturated carbocycles. The molecule has 0 radical (unpaired) electrons. The van der Waals surface area contributed by atoms with Gasteiger partial charge in [0.2, 0.25) is 5.91 Å². The minimum atomic E-state index is -0.224. The minimum Gasteiger partial charge on any atom is -0.493 e. The maximum atomic E-state index is 12.8. The normalized spacial score (nSPS) is 14.6. The fraction of sp³-hybridized carbons (Fsp3) is 0.222. The van der Waals surface area contributed by atoms with E-state index in [4.69, 9.17) is 14.6 Å². The number of nitrogens with one attached hydrogen (secondary N) is 1. The Hall–Kier alpha value is -4.53. The molecule has 9 nitrogen and oxygen atoms in total. The van der Waals surface area contributed by atoms with Crippen molar-refractivity contribution < 1.29 is 14.3 Å². The van der Waals surface area contributed by atoms with E-state index >= 15 is 0 Å². The van der Waals surface area contributed by atoms with E-state index in [1.807, 2.05) is 56.3 Å². The lowest BCUT2D eigenvalue weighted by Crippen LogP contribution is -2.25. The first-order chi connectivity index (χ1) is 17.5. The maximum Gasteiger partial charge on any atom is 0.272 e. The molecule has 2 aromatic carbocycles. The van der Waals surface area contributed by atoms with Crippen molar-refractivity contribution in [3.8, 4) is 28.7 Å². The molecular weight excluding hydrogens is 456 g/mol. The summed E-state index contributed by atoms with van der Waals surface area (Å²) in [5.74, 6) is 1.68. The molecule has 5 rings (SSSR count). The first kappa shape index (κ1) is 23.2. The Morgan fingerprint density at radius 3 is 2.72 bits per heavy atom. The number of hydrogen-bond donors (Lipinski definition) is 1. The van der Waals surface area contributed by atoms with Crippen molar-refractivity contribution >= 4 is 11.7 Å². The minimum absolute atomic E-state index is 0.123. The van der Waals surface area contributed by atoms with Crippen molar-refractivity contribution in [3.63, 3.8) is 0 Å². The van der Waals surface area contributed by atoms with Crippen LogP contribution in [0.2, 0.25) is 0 Å². The largest absolute Gasteiger partial charge is 0.493 e. The molecule has 0 saturated heterocycles. The molecule has 3 heterocycles. The first-order valence-corrected chi connectivity index (χ1v) is 11.6. The molecule has 0 unspecified atom stereocenters. The fourth-order valence-corrected chi connectivity index (χ4v) is 4.39. The number of aromatic nitrogens is 5. The topological polar surface area (TPSA) is 104 Å². The van der Waals surface area contributed by atoms with E-state index in [0.717, 1.165) is 27.9 Å². The van der Waals surface area contributed by atoms with Crippen LogP contribution in [0.1, 0.15) is 34.7 Å². The zero-order valence-electron chi connectivity index (χ0n) is 20.4. The lowest BCUT2D eigenvalue weighted by atomic mass is 9.85. The number of aryl methyl sites for hydroxylation is 2. The highest BCUT2D eigenvalue weighted by Crippen LogP contribution is 2.42. The van der Waals surface area contributed by atoms with Crippen LogP contribution in [0.4, 0.5) is 5.82 Å². The van der Waals surface area contributed by atoms with Crippen LogP contribution in [-0.4, -0.2) is 44.6 Å². The van der Waals surface area contributed by atoms with E-state index in [-0.39, 0.29) is 24.2 Å². The Morgan fingerprint density at radius 2 is 1.97 bits per heavy atom. The number of carbonyl (C=O) groups excluding carboxylic acids is 1. The second-order valence-electron chi connectivity index (χ2n) is 8.58. The Morgan fingerprint density at radius 1 is 1.17 bits per heavy atom. The smallest absolute Gasteiger partial charge is 0.272 e. The monoisotopic (exact) mass is 482 g/mol. The summed E-state index contributed by atoms with van der Waals surface area (Å²) in [6, 6.07) is 13.7. The number of ether oxygens (including phenoxy) is 2. The summed E-state index contributed by atoms with van der Waals surface area (Å²) in [4.78, 5) is 17.5. The third-order valence-electron chi connectivity index (χ3n) is 6.13. The molecule has 0 bridgehead atoms. The van der Waals surface area contributed by atoms with Crippen LogP contribution in [0.5, 0.6) is 11.5 Å². The molecule has 0 aliphatic carbocycles. The zero-order chi connectivity index (χ0) is 25.2. The number of rotatable bonds is 7. The lowest BCUT2D eigenvalue weighted by Gasteiger charge is -2.25. The Bertz CT molecular complexity index is 1440. The number of benzene rings is 2. The average molecular weight is 483 g/mol. The Balaban J connectivity index is 1.56. The van der Waals surface area contributed by atoms with Crippen molar-refractivity contribution in [2.45, 2.75) is 26.2 Å². The van der Waals surface area contributed by atoms with Crippen LogP contribution in [0.25, 0.3) is 17.2 Å². The van der Waals surface area contributed by atoms with E-state index in [9.17, 15) is 4.79 Å². The number of anilines is 1. The van der Waals surface area contributed by atoms with Crippen molar-refractivity contribution in [1.82, 2.24) is 25.0 Å². The average Bonchev–Trinajstić information content (AvgIpc) is 3.23. The standard InChI is InChI=1S/C27H26N6O3/c1-5-12-36-22-11-10-19(13-23(22)35-4)20-14-24(34)30-26-25(20)17(3)32-33(26)27-29-21(15-28-31-27)18-8-6-16(2)7-9-18/h5-11,13,15,20H,1,12,14H2,2-4H3,(H,30,34)/t20-/m1/s1. The SMILES string of the molecule is C=CCOc1ccc([C@H]2CC(=O)Nc3c2c(C)nn3-c2nncc(-c3ccc(C)cc3)n2)cc1OC. The molecular formula is C27H26N6O3. The molecule has 0 spiro atoms. The van der Waals surface area contributed by atoms with Crippen molar-refractivity contribution in [2.24, 2.45) is 0 Å². The predicted octanol–water partition coefficient (Wildman–Crippen LogP) is 4.39. The highest BCUT2D eigenvalue weighted by atomic mass is 16.5. The van der Waals surface area contributed by atoms with Gasteiger partial charge in [0.1, 0.15) is 12.4 Å². The van der Waals surface area contributed by atoms with Gasteiger partial charge in [-0.3, -0.25) is 4.79 Å². The second-order valence-corrected chi connectivity index (χ2v) is 8.58. The van der Waals surface area contributed by atoms with Crippen LogP contribution in [0.15, 0.2) is 61.3 Å². The van der Waals surface area contributed by atoms with Gasteiger partial charge in [0.15, 0.2) is 11.5 Å². The van der Waals surface area contributed by atoms with E-state index in [1.54, 1.807) is 24.1 Å². The second kappa shape index (κ2) is 9.61. The van der Waals surface area contributed by atoms with Gasteiger partial charge in [-0.05, 0) is 31.5 Å². The molecule has 1 atom stereocenters. The predicted molar refractivity (Wildman–Crippen MR) is 136 cm³/mol. The van der Waals surface area contributed by atoms with Crippen LogP contribution < -0.4 is 14.8 Å². The fourth-order valence-electron chi connectivity index (χ4n) is 4.39. The lowest BCUT2D eigenvalue weighted by molar-refractivity contribution is -0.116. The van der Waals surface area contributed by atoms with Crippen molar-refractivity contribution in [2.75, 3.05) is 19.0 Å². The molecule has 1 N–H and O–H groups in total. The van der Waals surface area contributed by atoms with Crippen molar-refractivity contribution in [1.29, 1.82) is 0 Å². The Labute approximate surface area is 208 Å².